The lowest BCUT2D eigenvalue weighted by Crippen LogP contribution is -2.40. The molecule has 11 heteroatoms. The number of rotatable bonds is 14. The number of carbonyl (C=O) groups excluding carboxylic acids is 1. The summed E-state index contributed by atoms with van der Waals surface area (Å²) in [5, 5.41) is 2.80. The summed E-state index contributed by atoms with van der Waals surface area (Å²) in [6.45, 7) is 7.96. The molecule has 0 aliphatic rings. The van der Waals surface area contributed by atoms with E-state index in [2.05, 4.69) is 20.3 Å². The summed E-state index contributed by atoms with van der Waals surface area (Å²) in [5.41, 5.74) is 2.27. The van der Waals surface area contributed by atoms with Gasteiger partial charge in [0.15, 0.2) is 11.5 Å². The maximum Gasteiger partial charge on any atom is 0.294 e. The number of likely N-dealkylation sites (N-methyl/N-ethyl adjacent to an activating group) is 1. The van der Waals surface area contributed by atoms with E-state index in [1.54, 1.807) is 37.2 Å². The van der Waals surface area contributed by atoms with E-state index in [0.717, 1.165) is 17.5 Å². The molecular formula is C26H36N6O5. The van der Waals surface area contributed by atoms with Crippen molar-refractivity contribution in [2.75, 3.05) is 52.0 Å². The third-order valence-corrected chi connectivity index (χ3v) is 5.49. The van der Waals surface area contributed by atoms with Crippen molar-refractivity contribution >= 4 is 22.9 Å². The van der Waals surface area contributed by atoms with E-state index in [1.807, 2.05) is 32.9 Å². The summed E-state index contributed by atoms with van der Waals surface area (Å²) in [5.74, 6) is 0.417. The molecule has 37 heavy (non-hydrogen) atoms. The number of amides is 1. The van der Waals surface area contributed by atoms with Gasteiger partial charge in [0, 0.05) is 56.3 Å². The van der Waals surface area contributed by atoms with Gasteiger partial charge in [-0.1, -0.05) is 6.92 Å². The van der Waals surface area contributed by atoms with Crippen molar-refractivity contribution in [2.45, 2.75) is 39.8 Å². The Hall–Kier alpha value is -3.57. The average molecular weight is 513 g/mol. The molecule has 3 aromatic heterocycles. The Balaban J connectivity index is 1.90. The molecule has 0 radical (unpaired) electrons. The number of methoxy groups -OCH3 is 1. The Bertz CT molecular complexity index is 1230. The lowest BCUT2D eigenvalue weighted by molar-refractivity contribution is -0.120. The van der Waals surface area contributed by atoms with Gasteiger partial charge >= 0.3 is 0 Å². The maximum absolute atomic E-state index is 13.5. The molecule has 1 N–H and O–H groups in total. The smallest absolute Gasteiger partial charge is 0.294 e. The molecule has 0 spiro atoms. The molecular weight excluding hydrogens is 476 g/mol. The first-order valence-electron chi connectivity index (χ1n) is 12.4. The fraction of sp³-hybridized carbons (Fsp3) is 0.500. The Labute approximate surface area is 216 Å². The summed E-state index contributed by atoms with van der Waals surface area (Å²) >= 11 is 0. The van der Waals surface area contributed by atoms with Gasteiger partial charge in [0.25, 0.3) is 5.56 Å². The topological polar surface area (TPSA) is 121 Å². The van der Waals surface area contributed by atoms with Crippen LogP contribution in [0.15, 0.2) is 35.4 Å². The molecule has 3 heterocycles. The highest BCUT2D eigenvalue weighted by Gasteiger charge is 2.18. The van der Waals surface area contributed by atoms with Crippen LogP contribution in [0.4, 0.5) is 5.82 Å². The van der Waals surface area contributed by atoms with Gasteiger partial charge in [0.1, 0.15) is 0 Å². The first-order valence-corrected chi connectivity index (χ1v) is 12.4. The van der Waals surface area contributed by atoms with E-state index in [1.165, 1.54) is 4.90 Å². The molecule has 0 unspecified atom stereocenters. The second kappa shape index (κ2) is 13.7. The molecule has 11 nitrogen and oxygen atoms in total. The third-order valence-electron chi connectivity index (χ3n) is 5.49. The summed E-state index contributed by atoms with van der Waals surface area (Å²) in [7, 11) is 3.22. The minimum Gasteiger partial charge on any atom is -0.481 e. The molecule has 3 aromatic rings. The van der Waals surface area contributed by atoms with Crippen molar-refractivity contribution < 1.29 is 19.0 Å². The number of carbonyl (C=O) groups is 1. The summed E-state index contributed by atoms with van der Waals surface area (Å²) < 4.78 is 17.8. The van der Waals surface area contributed by atoms with E-state index in [-0.39, 0.29) is 29.9 Å². The Morgan fingerprint density at radius 3 is 2.59 bits per heavy atom. The predicted molar refractivity (Wildman–Crippen MR) is 142 cm³/mol. The van der Waals surface area contributed by atoms with Crippen LogP contribution in [-0.2, 0) is 20.8 Å². The van der Waals surface area contributed by atoms with Crippen molar-refractivity contribution in [1.29, 1.82) is 0 Å². The fourth-order valence-electron chi connectivity index (χ4n) is 3.64. The number of aromatic nitrogens is 4. The van der Waals surface area contributed by atoms with Gasteiger partial charge in [-0.2, -0.15) is 0 Å². The van der Waals surface area contributed by atoms with Crippen LogP contribution in [0.3, 0.4) is 0 Å². The maximum atomic E-state index is 13.5. The van der Waals surface area contributed by atoms with Gasteiger partial charge in [0.2, 0.25) is 11.8 Å². The van der Waals surface area contributed by atoms with Crippen LogP contribution in [-0.4, -0.2) is 78.6 Å². The molecule has 0 saturated carbocycles. The van der Waals surface area contributed by atoms with Gasteiger partial charge in [-0.05, 0) is 32.4 Å². The quantitative estimate of drug-likeness (QED) is 0.324. The summed E-state index contributed by atoms with van der Waals surface area (Å²) in [6.07, 6.45) is 4.35. The number of nitrogens with zero attached hydrogens (tertiary/aromatic N) is 5. The van der Waals surface area contributed by atoms with Crippen molar-refractivity contribution in [1.82, 2.24) is 24.8 Å². The van der Waals surface area contributed by atoms with Crippen molar-refractivity contribution in [3.63, 3.8) is 0 Å². The van der Waals surface area contributed by atoms with Gasteiger partial charge in [-0.25, -0.2) is 15.0 Å². The highest BCUT2D eigenvalue weighted by molar-refractivity contribution is 5.82. The second-order valence-electron chi connectivity index (χ2n) is 8.79. The number of ether oxygens (including phenoxy) is 3. The number of nitrogens with one attached hydrogen (secondary N) is 1. The number of hydrogen-bond donors (Lipinski definition) is 1. The van der Waals surface area contributed by atoms with Crippen LogP contribution in [0.2, 0.25) is 0 Å². The van der Waals surface area contributed by atoms with Crippen molar-refractivity contribution in [3.8, 4) is 17.0 Å². The van der Waals surface area contributed by atoms with Gasteiger partial charge < -0.3 is 24.4 Å². The molecule has 0 bridgehead atoms. The molecule has 0 aliphatic carbocycles. The molecule has 3 rings (SSSR count). The highest BCUT2D eigenvalue weighted by atomic mass is 16.5. The van der Waals surface area contributed by atoms with Crippen LogP contribution >= 0.6 is 0 Å². The second-order valence-corrected chi connectivity index (χ2v) is 8.79. The summed E-state index contributed by atoms with van der Waals surface area (Å²) in [4.78, 5) is 40.8. The highest BCUT2D eigenvalue weighted by Crippen LogP contribution is 2.23. The van der Waals surface area contributed by atoms with E-state index < -0.39 is 0 Å². The monoisotopic (exact) mass is 512 g/mol. The minimum atomic E-state index is -0.321. The van der Waals surface area contributed by atoms with Gasteiger partial charge in [-0.15, -0.1) is 0 Å². The Morgan fingerprint density at radius 2 is 1.92 bits per heavy atom. The number of fused-ring (bicyclic) bond motifs is 1. The van der Waals surface area contributed by atoms with Crippen LogP contribution in [0, 0.1) is 0 Å². The molecule has 0 aliphatic heterocycles. The number of anilines is 1. The summed E-state index contributed by atoms with van der Waals surface area (Å²) in [6, 6.07) is 5.51. The molecule has 0 aromatic carbocycles. The van der Waals surface area contributed by atoms with Crippen LogP contribution in [0.5, 0.6) is 5.88 Å². The standard InChI is InChI=1S/C26H36N6O5/c1-6-11-36-13-10-32-21-14-20(19-7-8-23(35-5)28-15-19)16-29-24(21)30-25(26(32)34)31(4)17-22(33)27-9-12-37-18(2)3/h7-8,14-16,18H,6,9-13,17H2,1-5H3,(H,27,33). The molecule has 200 valence electrons. The minimum absolute atomic E-state index is 0.0304. The van der Waals surface area contributed by atoms with E-state index in [4.69, 9.17) is 14.2 Å². The first kappa shape index (κ1) is 28.0. The van der Waals surface area contributed by atoms with Gasteiger partial charge in [-0.3, -0.25) is 14.2 Å². The zero-order chi connectivity index (χ0) is 26.8. The first-order chi connectivity index (χ1) is 17.8. The predicted octanol–water partition coefficient (Wildman–Crippen LogP) is 2.27. The average Bonchev–Trinajstić information content (AvgIpc) is 2.89. The van der Waals surface area contributed by atoms with Crippen LogP contribution in [0.25, 0.3) is 22.3 Å². The SMILES string of the molecule is CCCOCCn1c(=O)c(N(C)CC(=O)NCCOC(C)C)nc2ncc(-c3ccc(OC)nc3)cc21. The lowest BCUT2D eigenvalue weighted by atomic mass is 10.1. The van der Waals surface area contributed by atoms with Crippen molar-refractivity contribution in [3.05, 3.63) is 40.9 Å². The zero-order valence-corrected chi connectivity index (χ0v) is 22.2. The van der Waals surface area contributed by atoms with E-state index in [9.17, 15) is 9.59 Å². The van der Waals surface area contributed by atoms with E-state index in [0.29, 0.717) is 50.0 Å². The Kier molecular flexibility index (Phi) is 10.3. The van der Waals surface area contributed by atoms with E-state index >= 15 is 0 Å². The van der Waals surface area contributed by atoms with Crippen LogP contribution < -0.4 is 20.5 Å². The normalized spacial score (nSPS) is 11.2. The van der Waals surface area contributed by atoms with Gasteiger partial charge in [0.05, 0.1) is 38.5 Å². The van der Waals surface area contributed by atoms with Crippen molar-refractivity contribution in [2.24, 2.45) is 0 Å². The Morgan fingerprint density at radius 1 is 1.14 bits per heavy atom. The fourth-order valence-corrected chi connectivity index (χ4v) is 3.64. The third kappa shape index (κ3) is 7.70. The zero-order valence-electron chi connectivity index (χ0n) is 22.2. The van der Waals surface area contributed by atoms with Crippen LogP contribution in [0.1, 0.15) is 27.2 Å². The molecule has 1 amide bonds. The largest absolute Gasteiger partial charge is 0.481 e. The molecule has 0 fully saturated rings. The number of pyridine rings is 2. The number of hydrogen-bond acceptors (Lipinski definition) is 9. The molecule has 0 saturated heterocycles. The lowest BCUT2D eigenvalue weighted by Gasteiger charge is -2.20. The molecule has 0 atom stereocenters.